The fourth-order valence-electron chi connectivity index (χ4n) is 9.83. The zero-order valence-corrected chi connectivity index (χ0v) is 28.2. The van der Waals surface area contributed by atoms with Gasteiger partial charge in [-0.1, -0.05) is 158 Å². The Balaban J connectivity index is 1.08. The quantitative estimate of drug-likeness (QED) is 0.180. The van der Waals surface area contributed by atoms with Crippen molar-refractivity contribution in [3.05, 3.63) is 204 Å². The van der Waals surface area contributed by atoms with Crippen molar-refractivity contribution in [1.82, 2.24) is 0 Å². The SMILES string of the molecule is c1cc(-c2ccc3c(c2)-c2cccc4cccc(c24)O3)cc(-c2cccc3c2-c2ccccc2C32c3ccccc3-c3cccc4cccc2c34)c1. The Labute approximate surface area is 302 Å². The zero-order chi connectivity index (χ0) is 34.0. The first-order chi connectivity index (χ1) is 25.8. The van der Waals surface area contributed by atoms with E-state index in [0.717, 1.165) is 17.1 Å². The molecule has 1 heterocycles. The summed E-state index contributed by atoms with van der Waals surface area (Å²) >= 11 is 0. The van der Waals surface area contributed by atoms with Crippen molar-refractivity contribution in [3.63, 3.8) is 0 Å². The molecule has 1 heteroatoms. The van der Waals surface area contributed by atoms with E-state index >= 15 is 0 Å². The van der Waals surface area contributed by atoms with Gasteiger partial charge in [0.15, 0.2) is 0 Å². The van der Waals surface area contributed by atoms with Crippen LogP contribution in [0.2, 0.25) is 0 Å². The van der Waals surface area contributed by atoms with Crippen molar-refractivity contribution >= 4 is 21.5 Å². The fourth-order valence-corrected chi connectivity index (χ4v) is 9.83. The third kappa shape index (κ3) is 3.52. The van der Waals surface area contributed by atoms with Crippen LogP contribution in [0.15, 0.2) is 182 Å². The van der Waals surface area contributed by atoms with Crippen LogP contribution in [0.25, 0.3) is 77.2 Å². The Kier molecular flexibility index (Phi) is 5.49. The molecule has 9 aromatic carbocycles. The predicted octanol–water partition coefficient (Wildman–Crippen LogP) is 13.4. The van der Waals surface area contributed by atoms with Crippen LogP contribution in [0.5, 0.6) is 11.5 Å². The van der Waals surface area contributed by atoms with Crippen LogP contribution in [0.1, 0.15) is 22.3 Å². The van der Waals surface area contributed by atoms with Crippen molar-refractivity contribution < 1.29 is 4.74 Å². The molecule has 2 aliphatic carbocycles. The summed E-state index contributed by atoms with van der Waals surface area (Å²) in [5, 5.41) is 5.02. The van der Waals surface area contributed by atoms with E-state index in [1.807, 2.05) is 0 Å². The Morgan fingerprint density at radius 2 is 0.865 bits per heavy atom. The number of fused-ring (bicyclic) bond motifs is 11. The van der Waals surface area contributed by atoms with E-state index < -0.39 is 5.41 Å². The molecule has 1 aliphatic heterocycles. The number of hydrogen-bond acceptors (Lipinski definition) is 1. The monoisotopic (exact) mass is 658 g/mol. The maximum Gasteiger partial charge on any atom is 0.135 e. The van der Waals surface area contributed by atoms with E-state index in [-0.39, 0.29) is 0 Å². The lowest BCUT2D eigenvalue weighted by Gasteiger charge is -2.40. The average molecular weight is 659 g/mol. The highest BCUT2D eigenvalue weighted by molar-refractivity contribution is 6.08. The minimum atomic E-state index is -0.431. The lowest BCUT2D eigenvalue weighted by atomic mass is 9.61. The van der Waals surface area contributed by atoms with Crippen LogP contribution in [-0.2, 0) is 5.41 Å². The summed E-state index contributed by atoms with van der Waals surface area (Å²) in [7, 11) is 0. The average Bonchev–Trinajstić information content (AvgIpc) is 3.51. The van der Waals surface area contributed by atoms with Gasteiger partial charge in [-0.25, -0.2) is 0 Å². The molecule has 0 N–H and O–H groups in total. The second-order valence-corrected chi connectivity index (χ2v) is 14.3. The number of rotatable bonds is 2. The molecule has 52 heavy (non-hydrogen) atoms. The normalized spacial score (nSPS) is 15.5. The molecular weight excluding hydrogens is 629 g/mol. The van der Waals surface area contributed by atoms with Crippen molar-refractivity contribution in [2.75, 3.05) is 0 Å². The Bertz CT molecular complexity index is 2990. The zero-order valence-electron chi connectivity index (χ0n) is 28.2. The summed E-state index contributed by atoms with van der Waals surface area (Å²) < 4.78 is 6.44. The van der Waals surface area contributed by atoms with E-state index in [4.69, 9.17) is 4.74 Å². The first kappa shape index (κ1) is 28.0. The second kappa shape index (κ2) is 10.2. The highest BCUT2D eigenvalue weighted by Gasteiger charge is 2.50. The molecule has 0 bridgehead atoms. The van der Waals surface area contributed by atoms with Crippen LogP contribution in [0, 0.1) is 0 Å². The molecule has 240 valence electrons. The van der Waals surface area contributed by atoms with Crippen LogP contribution in [0.3, 0.4) is 0 Å². The molecule has 1 nitrogen and oxygen atoms in total. The molecule has 12 rings (SSSR count). The molecule has 1 spiro atoms. The van der Waals surface area contributed by atoms with Gasteiger partial charge in [0, 0.05) is 10.9 Å². The maximum absolute atomic E-state index is 6.44. The first-order valence-corrected chi connectivity index (χ1v) is 18.1. The molecule has 0 radical (unpaired) electrons. The van der Waals surface area contributed by atoms with Gasteiger partial charge in [0.1, 0.15) is 11.5 Å². The highest BCUT2D eigenvalue weighted by Crippen LogP contribution is 2.63. The van der Waals surface area contributed by atoms with E-state index in [0.29, 0.717) is 0 Å². The Hall–Kier alpha value is -6.70. The lowest BCUT2D eigenvalue weighted by Crippen LogP contribution is -2.31. The van der Waals surface area contributed by atoms with Crippen molar-refractivity contribution in [1.29, 1.82) is 0 Å². The number of ether oxygens (including phenoxy) is 1. The minimum absolute atomic E-state index is 0.431. The van der Waals surface area contributed by atoms with Gasteiger partial charge in [0.05, 0.1) is 5.41 Å². The first-order valence-electron chi connectivity index (χ1n) is 18.1. The van der Waals surface area contributed by atoms with Gasteiger partial charge in [-0.15, -0.1) is 0 Å². The van der Waals surface area contributed by atoms with E-state index in [1.165, 1.54) is 93.9 Å². The van der Waals surface area contributed by atoms with Gasteiger partial charge in [-0.3, -0.25) is 0 Å². The summed E-state index contributed by atoms with van der Waals surface area (Å²) in [6.45, 7) is 0. The summed E-state index contributed by atoms with van der Waals surface area (Å²) in [5.41, 5.74) is 17.4. The van der Waals surface area contributed by atoms with Gasteiger partial charge in [-0.2, -0.15) is 0 Å². The third-order valence-electron chi connectivity index (χ3n) is 11.9. The van der Waals surface area contributed by atoms with Crippen LogP contribution in [0.4, 0.5) is 0 Å². The topological polar surface area (TPSA) is 9.23 Å². The van der Waals surface area contributed by atoms with Gasteiger partial charge < -0.3 is 4.74 Å². The van der Waals surface area contributed by atoms with E-state index in [1.54, 1.807) is 0 Å². The second-order valence-electron chi connectivity index (χ2n) is 14.3. The Morgan fingerprint density at radius 3 is 1.71 bits per heavy atom. The number of hydrogen-bond donors (Lipinski definition) is 0. The molecule has 1 unspecified atom stereocenters. The molecule has 3 aliphatic rings. The van der Waals surface area contributed by atoms with Gasteiger partial charge in [-0.05, 0) is 113 Å². The molecule has 0 saturated carbocycles. The van der Waals surface area contributed by atoms with Crippen LogP contribution < -0.4 is 4.74 Å². The molecular formula is C51H30O. The van der Waals surface area contributed by atoms with Crippen LogP contribution >= 0.6 is 0 Å². The number of benzene rings is 9. The molecule has 0 fully saturated rings. The predicted molar refractivity (Wildman–Crippen MR) is 214 cm³/mol. The van der Waals surface area contributed by atoms with Crippen molar-refractivity contribution in [2.24, 2.45) is 0 Å². The molecule has 0 amide bonds. The van der Waals surface area contributed by atoms with Gasteiger partial charge in [0.2, 0.25) is 0 Å². The maximum atomic E-state index is 6.44. The molecule has 9 aromatic rings. The van der Waals surface area contributed by atoms with E-state index in [9.17, 15) is 0 Å². The third-order valence-corrected chi connectivity index (χ3v) is 11.9. The Morgan fingerprint density at radius 1 is 0.308 bits per heavy atom. The van der Waals surface area contributed by atoms with Crippen molar-refractivity contribution in [3.8, 4) is 67.1 Å². The summed E-state index contributed by atoms with van der Waals surface area (Å²) in [5.74, 6) is 1.82. The molecule has 0 aromatic heterocycles. The smallest absolute Gasteiger partial charge is 0.135 e. The highest BCUT2D eigenvalue weighted by atomic mass is 16.5. The largest absolute Gasteiger partial charge is 0.456 e. The van der Waals surface area contributed by atoms with Gasteiger partial charge >= 0.3 is 0 Å². The summed E-state index contributed by atoms with van der Waals surface area (Å²) in [6.07, 6.45) is 0. The molecule has 0 saturated heterocycles. The lowest BCUT2D eigenvalue weighted by molar-refractivity contribution is 0.487. The van der Waals surface area contributed by atoms with Crippen LogP contribution in [-0.4, -0.2) is 0 Å². The molecule has 1 atom stereocenters. The standard InChI is InChI=1S/C51H30O/c1-3-22-42-37(17-1)38-20-6-11-31-13-8-24-44(48(31)38)51(42)43-23-4-2-18-40(43)50-36(19-10-25-45(50)51)35-16-5-15-33(29-35)34-27-28-46-41(30-34)39-21-7-12-32-14-9-26-47(52-46)49(32)39/h1-30H. The van der Waals surface area contributed by atoms with Crippen molar-refractivity contribution in [2.45, 2.75) is 5.41 Å². The van der Waals surface area contributed by atoms with E-state index in [2.05, 4.69) is 182 Å². The minimum Gasteiger partial charge on any atom is -0.456 e. The summed E-state index contributed by atoms with van der Waals surface area (Å²) in [4.78, 5) is 0. The van der Waals surface area contributed by atoms with Gasteiger partial charge in [0.25, 0.3) is 0 Å². The fraction of sp³-hybridized carbons (Fsp3) is 0.0196. The summed E-state index contributed by atoms with van der Waals surface area (Å²) in [6, 6.07) is 67.4.